The fraction of sp³-hybridized carbons (Fsp3) is 0.300. The van der Waals surface area contributed by atoms with Crippen LogP contribution >= 0.6 is 11.8 Å². The summed E-state index contributed by atoms with van der Waals surface area (Å²) >= 11 is 1.38. The normalized spacial score (nSPS) is 17.4. The van der Waals surface area contributed by atoms with E-state index in [1.807, 2.05) is 30.3 Å². The van der Waals surface area contributed by atoms with Crippen LogP contribution in [0.25, 0.3) is 0 Å². The Labute approximate surface area is 152 Å². The van der Waals surface area contributed by atoms with Crippen LogP contribution < -0.4 is 4.74 Å². The van der Waals surface area contributed by atoms with Gasteiger partial charge < -0.3 is 4.74 Å². The molecule has 3 rings (SSSR count). The van der Waals surface area contributed by atoms with Gasteiger partial charge in [-0.3, -0.25) is 14.5 Å². The SMILES string of the molecule is COc1ccc(C(=O)CN2CCC(SC(=O)c3ccccc3)C2)cc1. The molecule has 1 saturated heterocycles. The lowest BCUT2D eigenvalue weighted by molar-refractivity contribution is 0.0945. The van der Waals surface area contributed by atoms with Gasteiger partial charge in [-0.1, -0.05) is 42.1 Å². The Hall–Kier alpha value is -2.11. The van der Waals surface area contributed by atoms with E-state index in [0.29, 0.717) is 12.1 Å². The molecule has 1 aliphatic rings. The van der Waals surface area contributed by atoms with E-state index in [-0.39, 0.29) is 16.1 Å². The number of carbonyl (C=O) groups excluding carboxylic acids is 2. The Balaban J connectivity index is 1.50. The first-order chi connectivity index (χ1) is 12.2. The standard InChI is InChI=1S/C20H21NO3S/c1-24-17-9-7-15(8-10-17)19(22)14-21-12-11-18(13-21)25-20(23)16-5-3-2-4-6-16/h2-10,18H,11-14H2,1H3. The third kappa shape index (κ3) is 4.71. The van der Waals surface area contributed by atoms with Crippen LogP contribution in [-0.4, -0.2) is 47.8 Å². The smallest absolute Gasteiger partial charge is 0.219 e. The first-order valence-corrected chi connectivity index (χ1v) is 9.19. The summed E-state index contributed by atoms with van der Waals surface area (Å²) in [6, 6.07) is 16.5. The second-order valence-electron chi connectivity index (χ2n) is 6.07. The molecule has 130 valence electrons. The van der Waals surface area contributed by atoms with Crippen LogP contribution in [0.15, 0.2) is 54.6 Å². The van der Waals surface area contributed by atoms with Crippen molar-refractivity contribution in [2.24, 2.45) is 0 Å². The van der Waals surface area contributed by atoms with Crippen molar-refractivity contribution in [2.45, 2.75) is 11.7 Å². The van der Waals surface area contributed by atoms with Crippen LogP contribution in [0.1, 0.15) is 27.1 Å². The molecule has 1 unspecified atom stereocenters. The van der Waals surface area contributed by atoms with Crippen LogP contribution in [0.5, 0.6) is 5.75 Å². The van der Waals surface area contributed by atoms with Gasteiger partial charge in [-0.15, -0.1) is 0 Å². The van der Waals surface area contributed by atoms with Gasteiger partial charge in [0.25, 0.3) is 0 Å². The van der Waals surface area contributed by atoms with Crippen LogP contribution in [0.4, 0.5) is 0 Å². The quantitative estimate of drug-likeness (QED) is 0.742. The van der Waals surface area contributed by atoms with E-state index in [2.05, 4.69) is 4.90 Å². The highest BCUT2D eigenvalue weighted by atomic mass is 32.2. The van der Waals surface area contributed by atoms with Gasteiger partial charge in [0, 0.05) is 22.9 Å². The van der Waals surface area contributed by atoms with Gasteiger partial charge in [0.15, 0.2) is 5.78 Å². The topological polar surface area (TPSA) is 46.6 Å². The van der Waals surface area contributed by atoms with Gasteiger partial charge in [-0.2, -0.15) is 0 Å². The number of hydrogen-bond acceptors (Lipinski definition) is 5. The van der Waals surface area contributed by atoms with Gasteiger partial charge in [0.1, 0.15) is 5.75 Å². The van der Waals surface area contributed by atoms with E-state index in [0.717, 1.165) is 30.8 Å². The largest absolute Gasteiger partial charge is 0.497 e. The van der Waals surface area contributed by atoms with Gasteiger partial charge in [-0.25, -0.2) is 0 Å². The van der Waals surface area contributed by atoms with E-state index < -0.39 is 0 Å². The molecule has 0 spiro atoms. The Morgan fingerprint density at radius 3 is 2.48 bits per heavy atom. The molecule has 0 amide bonds. The van der Waals surface area contributed by atoms with Crippen LogP contribution in [0.3, 0.4) is 0 Å². The molecule has 0 bridgehead atoms. The maximum absolute atomic E-state index is 12.4. The molecule has 4 nitrogen and oxygen atoms in total. The minimum absolute atomic E-state index is 0.0997. The van der Waals surface area contributed by atoms with Crippen LogP contribution in [0.2, 0.25) is 0 Å². The van der Waals surface area contributed by atoms with E-state index >= 15 is 0 Å². The third-order valence-corrected chi connectivity index (χ3v) is 5.46. The lowest BCUT2D eigenvalue weighted by atomic mass is 10.1. The molecule has 1 heterocycles. The molecule has 1 fully saturated rings. The van der Waals surface area contributed by atoms with Crippen molar-refractivity contribution in [1.29, 1.82) is 0 Å². The molecular formula is C20H21NO3S. The fourth-order valence-electron chi connectivity index (χ4n) is 2.90. The lowest BCUT2D eigenvalue weighted by Gasteiger charge is -2.15. The Kier molecular flexibility index (Phi) is 5.89. The maximum Gasteiger partial charge on any atom is 0.219 e. The average molecular weight is 355 g/mol. The number of thioether (sulfide) groups is 1. The van der Waals surface area contributed by atoms with Gasteiger partial charge in [0.05, 0.1) is 13.7 Å². The van der Waals surface area contributed by atoms with Crippen molar-refractivity contribution in [3.05, 3.63) is 65.7 Å². The highest BCUT2D eigenvalue weighted by Gasteiger charge is 2.27. The Morgan fingerprint density at radius 1 is 1.08 bits per heavy atom. The second-order valence-corrected chi connectivity index (χ2v) is 7.34. The summed E-state index contributed by atoms with van der Waals surface area (Å²) in [5.74, 6) is 0.844. The van der Waals surface area contributed by atoms with Gasteiger partial charge in [0.2, 0.25) is 5.12 Å². The van der Waals surface area contributed by atoms with Gasteiger partial charge in [-0.05, 0) is 37.2 Å². The van der Waals surface area contributed by atoms with Crippen molar-refractivity contribution in [1.82, 2.24) is 4.90 Å². The zero-order valence-electron chi connectivity index (χ0n) is 14.2. The molecular weight excluding hydrogens is 334 g/mol. The minimum Gasteiger partial charge on any atom is -0.497 e. The first kappa shape index (κ1) is 17.7. The van der Waals surface area contributed by atoms with Crippen molar-refractivity contribution < 1.29 is 14.3 Å². The molecule has 0 saturated carbocycles. The molecule has 1 atom stereocenters. The van der Waals surface area contributed by atoms with Crippen molar-refractivity contribution in [3.63, 3.8) is 0 Å². The summed E-state index contributed by atoms with van der Waals surface area (Å²) in [7, 11) is 1.61. The number of Topliss-reactive ketones (excluding diaryl/α,β-unsaturated/α-hetero) is 1. The van der Waals surface area contributed by atoms with Crippen molar-refractivity contribution in [2.75, 3.05) is 26.7 Å². The summed E-state index contributed by atoms with van der Waals surface area (Å²) in [5.41, 5.74) is 1.43. The van der Waals surface area contributed by atoms with E-state index in [1.54, 1.807) is 31.4 Å². The Bertz CT molecular complexity index is 730. The number of nitrogens with zero attached hydrogens (tertiary/aromatic N) is 1. The van der Waals surface area contributed by atoms with E-state index in [9.17, 15) is 9.59 Å². The first-order valence-electron chi connectivity index (χ1n) is 8.31. The zero-order valence-corrected chi connectivity index (χ0v) is 15.0. The van der Waals surface area contributed by atoms with E-state index in [4.69, 9.17) is 4.74 Å². The molecule has 0 aromatic heterocycles. The molecule has 1 aliphatic heterocycles. The number of benzene rings is 2. The molecule has 2 aromatic carbocycles. The summed E-state index contributed by atoms with van der Waals surface area (Å²) in [6.07, 6.45) is 0.930. The number of ether oxygens (including phenoxy) is 1. The monoisotopic (exact) mass is 355 g/mol. The predicted octanol–water partition coefficient (Wildman–Crippen LogP) is 3.53. The molecule has 0 radical (unpaired) electrons. The highest BCUT2D eigenvalue weighted by molar-refractivity contribution is 8.14. The zero-order chi connectivity index (χ0) is 17.6. The summed E-state index contributed by atoms with van der Waals surface area (Å²) < 4.78 is 5.11. The second kappa shape index (κ2) is 8.32. The number of rotatable bonds is 6. The van der Waals surface area contributed by atoms with Crippen molar-refractivity contribution in [3.8, 4) is 5.75 Å². The van der Waals surface area contributed by atoms with Crippen LogP contribution in [0, 0.1) is 0 Å². The molecule has 2 aromatic rings. The predicted molar refractivity (Wildman–Crippen MR) is 101 cm³/mol. The average Bonchev–Trinajstić information content (AvgIpc) is 3.09. The molecule has 0 N–H and O–H groups in total. The number of hydrogen-bond donors (Lipinski definition) is 0. The number of ketones is 1. The third-order valence-electron chi connectivity index (χ3n) is 4.29. The highest BCUT2D eigenvalue weighted by Crippen LogP contribution is 2.26. The number of likely N-dealkylation sites (tertiary alicyclic amines) is 1. The number of methoxy groups -OCH3 is 1. The molecule has 0 aliphatic carbocycles. The minimum atomic E-state index is 0.0997. The van der Waals surface area contributed by atoms with E-state index in [1.165, 1.54) is 11.8 Å². The molecule has 5 heteroatoms. The number of carbonyl (C=O) groups is 2. The summed E-state index contributed by atoms with van der Waals surface area (Å²) in [4.78, 5) is 26.8. The molecule has 25 heavy (non-hydrogen) atoms. The Morgan fingerprint density at radius 2 is 1.80 bits per heavy atom. The summed E-state index contributed by atoms with van der Waals surface area (Å²) in [6.45, 7) is 2.01. The fourth-order valence-corrected chi connectivity index (χ4v) is 3.99. The van der Waals surface area contributed by atoms with Gasteiger partial charge >= 0.3 is 0 Å². The lowest BCUT2D eigenvalue weighted by Crippen LogP contribution is -2.28. The van der Waals surface area contributed by atoms with Crippen molar-refractivity contribution >= 4 is 22.7 Å². The van der Waals surface area contributed by atoms with Crippen LogP contribution in [-0.2, 0) is 0 Å². The maximum atomic E-state index is 12.4. The summed E-state index contributed by atoms with van der Waals surface area (Å²) in [5, 5.41) is 0.352.